The van der Waals surface area contributed by atoms with Crippen molar-refractivity contribution in [1.82, 2.24) is 24.8 Å². The second-order valence-corrected chi connectivity index (χ2v) is 10.2. The van der Waals surface area contributed by atoms with E-state index < -0.39 is 40.3 Å². The van der Waals surface area contributed by atoms with Crippen LogP contribution in [0.15, 0.2) is 41.3 Å². The Balaban J connectivity index is 1.94. The molecule has 5 rings (SSSR count). The van der Waals surface area contributed by atoms with Crippen LogP contribution in [0.1, 0.15) is 43.5 Å². The number of benzene rings is 1. The molecule has 0 unspecified atom stereocenters. The van der Waals surface area contributed by atoms with Gasteiger partial charge in [-0.15, -0.1) is 0 Å². The lowest BCUT2D eigenvalue weighted by Crippen LogP contribution is -2.50. The number of anilines is 1. The molecule has 0 aliphatic carbocycles. The number of hydrogen-bond acceptors (Lipinski definition) is 6. The van der Waals surface area contributed by atoms with E-state index in [9.17, 15) is 22.4 Å². The molecule has 1 atom stereocenters. The summed E-state index contributed by atoms with van der Waals surface area (Å²) in [5.74, 6) is -2.47. The molecule has 1 aromatic carbocycles. The Bertz CT molecular complexity index is 1670. The van der Waals surface area contributed by atoms with Gasteiger partial charge < -0.3 is 10.2 Å². The van der Waals surface area contributed by atoms with Gasteiger partial charge in [-0.05, 0) is 49.6 Å². The predicted molar refractivity (Wildman–Crippen MR) is 142 cm³/mol. The van der Waals surface area contributed by atoms with E-state index in [1.165, 1.54) is 0 Å². The van der Waals surface area contributed by atoms with Crippen molar-refractivity contribution in [2.45, 2.75) is 45.8 Å². The second kappa shape index (κ2) is 10.2. The molecule has 12 heteroatoms. The summed E-state index contributed by atoms with van der Waals surface area (Å²) >= 11 is 0. The van der Waals surface area contributed by atoms with Crippen LogP contribution in [-0.4, -0.2) is 45.2 Å². The van der Waals surface area contributed by atoms with Gasteiger partial charge >= 0.3 is 11.9 Å². The highest BCUT2D eigenvalue weighted by Gasteiger charge is 2.37. The fraction of sp³-hybridized carbons (Fsp3) is 0.357. The molecule has 1 saturated heterocycles. The minimum atomic E-state index is -4.98. The van der Waals surface area contributed by atoms with Crippen LogP contribution in [0, 0.1) is 18.6 Å². The Morgan fingerprint density at radius 1 is 1.10 bits per heavy atom. The smallest absolute Gasteiger partial charge is 0.351 e. The first-order chi connectivity index (χ1) is 18.9. The van der Waals surface area contributed by atoms with Crippen molar-refractivity contribution >= 4 is 16.9 Å². The fourth-order valence-corrected chi connectivity index (χ4v) is 5.14. The van der Waals surface area contributed by atoms with Crippen LogP contribution in [0.5, 0.6) is 0 Å². The summed E-state index contributed by atoms with van der Waals surface area (Å²) in [5, 5.41) is 3.34. The minimum absolute atomic E-state index is 0.109. The van der Waals surface area contributed by atoms with Gasteiger partial charge in [0.25, 0.3) is 0 Å². The number of halogens is 5. The number of nitrogens with zero attached hydrogens (tertiary/aromatic N) is 5. The summed E-state index contributed by atoms with van der Waals surface area (Å²) in [5.41, 5.74) is -2.69. The molecule has 0 bridgehead atoms. The number of nitrogens with one attached hydrogen (secondary N) is 1. The van der Waals surface area contributed by atoms with Crippen molar-refractivity contribution in [3.05, 3.63) is 75.5 Å². The highest BCUT2D eigenvalue weighted by Crippen LogP contribution is 2.40. The summed E-state index contributed by atoms with van der Waals surface area (Å²) in [6.07, 6.45) is -3.40. The number of aromatic nitrogens is 4. The molecule has 4 aromatic rings. The number of piperazine rings is 1. The van der Waals surface area contributed by atoms with Gasteiger partial charge in [-0.25, -0.2) is 23.1 Å². The van der Waals surface area contributed by atoms with E-state index in [0.29, 0.717) is 42.6 Å². The fourth-order valence-electron chi connectivity index (χ4n) is 5.14. The zero-order valence-electron chi connectivity index (χ0n) is 22.3. The quantitative estimate of drug-likeness (QED) is 0.340. The topological polar surface area (TPSA) is 75.9 Å². The van der Waals surface area contributed by atoms with E-state index in [-0.39, 0.29) is 28.8 Å². The largest absolute Gasteiger partial charge is 0.417 e. The van der Waals surface area contributed by atoms with Crippen LogP contribution in [0.3, 0.4) is 0 Å². The number of fused-ring (bicyclic) bond motifs is 1. The van der Waals surface area contributed by atoms with Crippen molar-refractivity contribution in [3.63, 3.8) is 0 Å². The average Bonchev–Trinajstić information content (AvgIpc) is 2.88. The molecule has 7 nitrogen and oxygen atoms in total. The zero-order valence-corrected chi connectivity index (χ0v) is 22.3. The van der Waals surface area contributed by atoms with Crippen LogP contribution in [-0.2, 0) is 6.18 Å². The minimum Gasteiger partial charge on any atom is -0.351 e. The Labute approximate surface area is 226 Å². The maximum absolute atomic E-state index is 15.8. The number of hydrogen-bond donors (Lipinski definition) is 1. The van der Waals surface area contributed by atoms with Gasteiger partial charge in [0.05, 0.1) is 27.9 Å². The van der Waals surface area contributed by atoms with Gasteiger partial charge in [-0.3, -0.25) is 4.98 Å². The zero-order chi connectivity index (χ0) is 28.9. The van der Waals surface area contributed by atoms with Crippen molar-refractivity contribution in [2.75, 3.05) is 24.5 Å². The number of pyridine rings is 2. The normalized spacial score (nSPS) is 16.2. The van der Waals surface area contributed by atoms with E-state index >= 15 is 4.39 Å². The molecule has 0 saturated carbocycles. The molecule has 0 amide bonds. The summed E-state index contributed by atoms with van der Waals surface area (Å²) < 4.78 is 73.6. The molecule has 0 radical (unpaired) electrons. The second-order valence-electron chi connectivity index (χ2n) is 10.2. The Kier molecular flexibility index (Phi) is 7.07. The molecule has 4 heterocycles. The van der Waals surface area contributed by atoms with Crippen LogP contribution >= 0.6 is 0 Å². The van der Waals surface area contributed by atoms with Crippen molar-refractivity contribution in [3.8, 4) is 16.9 Å². The number of rotatable bonds is 4. The lowest BCUT2D eigenvalue weighted by molar-refractivity contribution is -0.137. The third-order valence-corrected chi connectivity index (χ3v) is 7.06. The van der Waals surface area contributed by atoms with E-state index in [2.05, 4.69) is 20.3 Å². The number of aryl methyl sites for hydroxylation is 1. The van der Waals surface area contributed by atoms with Gasteiger partial charge in [-0.2, -0.15) is 18.2 Å². The van der Waals surface area contributed by atoms with Gasteiger partial charge in [0.2, 0.25) is 0 Å². The van der Waals surface area contributed by atoms with E-state index in [0.717, 1.165) is 22.8 Å². The van der Waals surface area contributed by atoms with E-state index in [4.69, 9.17) is 0 Å². The molecule has 210 valence electrons. The molecule has 40 heavy (non-hydrogen) atoms. The third kappa shape index (κ3) is 4.70. The summed E-state index contributed by atoms with van der Waals surface area (Å²) in [7, 11) is 0. The van der Waals surface area contributed by atoms with Crippen LogP contribution in [0.25, 0.3) is 28.0 Å². The first-order valence-electron chi connectivity index (χ1n) is 12.8. The summed E-state index contributed by atoms with van der Waals surface area (Å²) in [6.45, 7) is 8.99. The summed E-state index contributed by atoms with van der Waals surface area (Å²) in [6, 6.07) is 4.91. The summed E-state index contributed by atoms with van der Waals surface area (Å²) in [4.78, 5) is 28.6. The monoisotopic (exact) mass is 558 g/mol. The lowest BCUT2D eigenvalue weighted by Gasteiger charge is -2.35. The molecule has 0 spiro atoms. The molecular formula is C28H27F5N6O. The molecule has 1 aliphatic heterocycles. The SMILES string of the molecule is Cc1ccnc(C(C)C)c1-n1c(=O)nc(N2CCNC[C@@H]2C)c2cc(F)c(-c3c(F)cccc3C(F)(F)F)nc21. The molecule has 3 aromatic heterocycles. The molecule has 1 fully saturated rings. The highest BCUT2D eigenvalue weighted by molar-refractivity contribution is 5.91. The van der Waals surface area contributed by atoms with Gasteiger partial charge in [-0.1, -0.05) is 19.9 Å². The Hall–Kier alpha value is -3.93. The van der Waals surface area contributed by atoms with Gasteiger partial charge in [0, 0.05) is 31.9 Å². The molecule has 1 aliphatic rings. The predicted octanol–water partition coefficient (Wildman–Crippen LogP) is 5.37. The molecule has 1 N–H and O–H groups in total. The van der Waals surface area contributed by atoms with E-state index in [1.807, 2.05) is 25.7 Å². The lowest BCUT2D eigenvalue weighted by atomic mass is 10.0. The maximum Gasteiger partial charge on any atom is 0.417 e. The molecular weight excluding hydrogens is 531 g/mol. The first-order valence-corrected chi connectivity index (χ1v) is 12.8. The van der Waals surface area contributed by atoms with Crippen LogP contribution in [0.2, 0.25) is 0 Å². The maximum atomic E-state index is 15.8. The Morgan fingerprint density at radius 3 is 2.52 bits per heavy atom. The van der Waals surface area contributed by atoms with Crippen molar-refractivity contribution in [2.24, 2.45) is 0 Å². The standard InChI is InChI=1S/C28H27F5N6O/c1-14(2)22-24(15(3)8-9-35-22)39-26-17(25(37-27(39)40)38-11-10-34-13-16(38)4)12-20(30)23(36-26)21-18(28(31,32)33)6-5-7-19(21)29/h5-9,12,14,16,34H,10-11,13H2,1-4H3/t16-/m0/s1. The first kappa shape index (κ1) is 27.6. The Morgan fingerprint density at radius 2 is 1.85 bits per heavy atom. The average molecular weight is 559 g/mol. The van der Waals surface area contributed by atoms with Crippen molar-refractivity contribution < 1.29 is 22.0 Å². The van der Waals surface area contributed by atoms with Gasteiger partial charge in [0.1, 0.15) is 17.3 Å². The number of alkyl halides is 3. The van der Waals surface area contributed by atoms with E-state index in [1.54, 1.807) is 19.2 Å². The highest BCUT2D eigenvalue weighted by atomic mass is 19.4. The third-order valence-electron chi connectivity index (χ3n) is 7.06. The van der Waals surface area contributed by atoms with Crippen LogP contribution in [0.4, 0.5) is 27.8 Å². The van der Waals surface area contributed by atoms with Crippen molar-refractivity contribution in [1.29, 1.82) is 0 Å². The van der Waals surface area contributed by atoms with Crippen LogP contribution < -0.4 is 15.9 Å². The van der Waals surface area contributed by atoms with Gasteiger partial charge in [0.15, 0.2) is 11.5 Å².